The van der Waals surface area contributed by atoms with Crippen molar-refractivity contribution in [2.24, 2.45) is 0 Å². The summed E-state index contributed by atoms with van der Waals surface area (Å²) in [6.45, 7) is 10.5. The SMILES string of the molecule is CN1CCN(CC(O)CN2CCCNCC2)CC1. The summed E-state index contributed by atoms with van der Waals surface area (Å²) in [4.78, 5) is 7.13. The highest BCUT2D eigenvalue weighted by Gasteiger charge is 2.19. The van der Waals surface area contributed by atoms with Crippen LogP contribution in [-0.4, -0.2) is 98.4 Å². The fourth-order valence-electron chi connectivity index (χ4n) is 2.77. The molecular formula is C13H28N4O. The minimum absolute atomic E-state index is 0.202. The van der Waals surface area contributed by atoms with Crippen molar-refractivity contribution in [2.45, 2.75) is 12.5 Å². The van der Waals surface area contributed by atoms with Crippen LogP contribution in [0.5, 0.6) is 0 Å². The van der Waals surface area contributed by atoms with Crippen molar-refractivity contribution in [3.8, 4) is 0 Å². The van der Waals surface area contributed by atoms with Crippen LogP contribution in [0.4, 0.5) is 0 Å². The Balaban J connectivity index is 1.66. The maximum absolute atomic E-state index is 10.2. The van der Waals surface area contributed by atoms with Crippen molar-refractivity contribution in [2.75, 3.05) is 72.5 Å². The van der Waals surface area contributed by atoms with Gasteiger partial charge in [-0.1, -0.05) is 0 Å². The molecule has 0 amide bonds. The lowest BCUT2D eigenvalue weighted by molar-refractivity contribution is 0.0566. The number of aliphatic hydroxyl groups excluding tert-OH is 1. The van der Waals surface area contributed by atoms with Crippen molar-refractivity contribution < 1.29 is 5.11 Å². The Hall–Kier alpha value is -0.200. The number of rotatable bonds is 4. The average Bonchev–Trinajstić information content (AvgIpc) is 2.61. The predicted octanol–water partition coefficient (Wildman–Crippen LogP) is -1.11. The van der Waals surface area contributed by atoms with Crippen LogP contribution in [0, 0.1) is 0 Å². The van der Waals surface area contributed by atoms with E-state index in [4.69, 9.17) is 0 Å². The Morgan fingerprint density at radius 2 is 1.61 bits per heavy atom. The maximum Gasteiger partial charge on any atom is 0.0793 e. The first kappa shape index (κ1) is 14.2. The van der Waals surface area contributed by atoms with Crippen molar-refractivity contribution in [1.82, 2.24) is 20.0 Å². The van der Waals surface area contributed by atoms with Crippen LogP contribution < -0.4 is 5.32 Å². The number of nitrogens with one attached hydrogen (secondary N) is 1. The summed E-state index contributed by atoms with van der Waals surface area (Å²) in [5.74, 6) is 0. The van der Waals surface area contributed by atoms with Crippen LogP contribution in [-0.2, 0) is 0 Å². The van der Waals surface area contributed by atoms with Gasteiger partial charge in [-0.25, -0.2) is 0 Å². The van der Waals surface area contributed by atoms with Crippen molar-refractivity contribution in [3.63, 3.8) is 0 Å². The molecule has 2 saturated heterocycles. The van der Waals surface area contributed by atoms with Crippen LogP contribution in [0.2, 0.25) is 0 Å². The van der Waals surface area contributed by atoms with E-state index in [0.717, 1.165) is 65.4 Å². The molecule has 2 heterocycles. The van der Waals surface area contributed by atoms with Crippen LogP contribution in [0.3, 0.4) is 0 Å². The molecule has 0 aromatic carbocycles. The summed E-state index contributed by atoms with van der Waals surface area (Å²) in [6.07, 6.45) is 0.993. The number of aliphatic hydroxyl groups is 1. The zero-order valence-corrected chi connectivity index (χ0v) is 11.6. The van der Waals surface area contributed by atoms with Gasteiger partial charge in [-0.3, -0.25) is 9.80 Å². The Morgan fingerprint density at radius 3 is 2.33 bits per heavy atom. The average molecular weight is 256 g/mol. The molecule has 1 unspecified atom stereocenters. The first-order valence-corrected chi connectivity index (χ1v) is 7.26. The molecule has 0 saturated carbocycles. The molecule has 0 radical (unpaired) electrons. The Kier molecular flexibility index (Phi) is 5.85. The lowest BCUT2D eigenvalue weighted by Crippen LogP contribution is -2.49. The molecule has 0 aromatic rings. The third-order valence-electron chi connectivity index (χ3n) is 3.97. The molecule has 1 atom stereocenters. The second kappa shape index (κ2) is 7.40. The van der Waals surface area contributed by atoms with Crippen LogP contribution in [0.1, 0.15) is 6.42 Å². The van der Waals surface area contributed by atoms with Gasteiger partial charge in [0.05, 0.1) is 6.10 Å². The lowest BCUT2D eigenvalue weighted by atomic mass is 10.2. The summed E-state index contributed by atoms with van der Waals surface area (Å²) in [6, 6.07) is 0. The largest absolute Gasteiger partial charge is 0.390 e. The molecule has 0 aromatic heterocycles. The van der Waals surface area contributed by atoms with E-state index in [1.807, 2.05) is 0 Å². The normalized spacial score (nSPS) is 27.0. The fraction of sp³-hybridized carbons (Fsp3) is 1.00. The van der Waals surface area contributed by atoms with Gasteiger partial charge < -0.3 is 15.3 Å². The summed E-state index contributed by atoms with van der Waals surface area (Å²) < 4.78 is 0. The number of piperazine rings is 1. The molecule has 0 aliphatic carbocycles. The summed E-state index contributed by atoms with van der Waals surface area (Å²) in [7, 11) is 2.16. The molecule has 106 valence electrons. The van der Waals surface area contributed by atoms with E-state index in [9.17, 15) is 5.11 Å². The maximum atomic E-state index is 10.2. The molecule has 2 N–H and O–H groups in total. The van der Waals surface area contributed by atoms with E-state index < -0.39 is 0 Å². The van der Waals surface area contributed by atoms with E-state index >= 15 is 0 Å². The van der Waals surface area contributed by atoms with Gasteiger partial charge in [-0.05, 0) is 26.6 Å². The Morgan fingerprint density at radius 1 is 0.944 bits per heavy atom. The van der Waals surface area contributed by atoms with Crippen molar-refractivity contribution in [3.05, 3.63) is 0 Å². The van der Waals surface area contributed by atoms with Crippen molar-refractivity contribution in [1.29, 1.82) is 0 Å². The van der Waals surface area contributed by atoms with E-state index in [0.29, 0.717) is 0 Å². The van der Waals surface area contributed by atoms with E-state index in [1.54, 1.807) is 0 Å². The lowest BCUT2D eigenvalue weighted by Gasteiger charge is -2.34. The van der Waals surface area contributed by atoms with Gasteiger partial charge in [0.2, 0.25) is 0 Å². The summed E-state index contributed by atoms with van der Waals surface area (Å²) in [5, 5.41) is 13.6. The van der Waals surface area contributed by atoms with Gasteiger partial charge in [-0.15, -0.1) is 0 Å². The van der Waals surface area contributed by atoms with Gasteiger partial charge >= 0.3 is 0 Å². The van der Waals surface area contributed by atoms with E-state index in [1.165, 1.54) is 6.42 Å². The monoisotopic (exact) mass is 256 g/mol. The molecule has 5 nitrogen and oxygen atoms in total. The minimum atomic E-state index is -0.202. The van der Waals surface area contributed by atoms with Crippen LogP contribution in [0.15, 0.2) is 0 Å². The number of likely N-dealkylation sites (N-methyl/N-ethyl adjacent to an activating group) is 1. The van der Waals surface area contributed by atoms with Gasteiger partial charge in [0.25, 0.3) is 0 Å². The Bertz CT molecular complexity index is 223. The van der Waals surface area contributed by atoms with Gasteiger partial charge in [0, 0.05) is 52.4 Å². The van der Waals surface area contributed by atoms with Gasteiger partial charge in [0.1, 0.15) is 0 Å². The molecule has 2 aliphatic rings. The Labute approximate surface area is 111 Å². The molecule has 2 rings (SSSR count). The number of hydrogen-bond acceptors (Lipinski definition) is 5. The highest BCUT2D eigenvalue weighted by molar-refractivity contribution is 4.75. The summed E-state index contributed by atoms with van der Waals surface area (Å²) in [5.41, 5.74) is 0. The minimum Gasteiger partial charge on any atom is -0.390 e. The first-order valence-electron chi connectivity index (χ1n) is 7.26. The highest BCUT2D eigenvalue weighted by atomic mass is 16.3. The second-order valence-corrected chi connectivity index (χ2v) is 5.66. The number of hydrogen-bond donors (Lipinski definition) is 2. The molecule has 0 spiro atoms. The molecule has 2 aliphatic heterocycles. The quantitative estimate of drug-likeness (QED) is 0.668. The van der Waals surface area contributed by atoms with E-state index in [-0.39, 0.29) is 6.10 Å². The molecule has 5 heteroatoms. The van der Waals surface area contributed by atoms with Crippen LogP contribution >= 0.6 is 0 Å². The molecule has 2 fully saturated rings. The third-order valence-corrected chi connectivity index (χ3v) is 3.97. The number of nitrogens with zero attached hydrogens (tertiary/aromatic N) is 3. The van der Waals surface area contributed by atoms with Gasteiger partial charge in [0.15, 0.2) is 0 Å². The third kappa shape index (κ3) is 4.82. The second-order valence-electron chi connectivity index (χ2n) is 5.66. The smallest absolute Gasteiger partial charge is 0.0793 e. The standard InChI is InChI=1S/C13H28N4O/c1-15-7-9-17(10-8-15)12-13(18)11-16-5-2-3-14-4-6-16/h13-14,18H,2-12H2,1H3. The zero-order valence-electron chi connectivity index (χ0n) is 11.6. The van der Waals surface area contributed by atoms with Gasteiger partial charge in [-0.2, -0.15) is 0 Å². The fourth-order valence-corrected chi connectivity index (χ4v) is 2.77. The van der Waals surface area contributed by atoms with E-state index in [2.05, 4.69) is 27.1 Å². The summed E-state index contributed by atoms with van der Waals surface area (Å²) >= 11 is 0. The molecule has 18 heavy (non-hydrogen) atoms. The number of β-amino-alcohol motifs (C(OH)–C–C–N with tert-alkyl or cyclic N) is 1. The predicted molar refractivity (Wildman–Crippen MR) is 73.9 cm³/mol. The zero-order chi connectivity index (χ0) is 12.8. The molecule has 0 bridgehead atoms. The topological polar surface area (TPSA) is 42.0 Å². The first-order chi connectivity index (χ1) is 8.74. The van der Waals surface area contributed by atoms with Crippen LogP contribution in [0.25, 0.3) is 0 Å². The van der Waals surface area contributed by atoms with Crippen molar-refractivity contribution >= 4 is 0 Å². The molecular weight excluding hydrogens is 228 g/mol. The highest BCUT2D eigenvalue weighted by Crippen LogP contribution is 2.03.